The van der Waals surface area contributed by atoms with Crippen LogP contribution < -0.4 is 10.6 Å². The normalized spacial score (nSPS) is 13.9. The minimum Gasteiger partial charge on any atom is -0.329 e. The van der Waals surface area contributed by atoms with Crippen LogP contribution in [0.1, 0.15) is 41.3 Å². The average Bonchev–Trinajstić information content (AvgIpc) is 2.94. The van der Waals surface area contributed by atoms with Crippen molar-refractivity contribution in [2.75, 3.05) is 11.9 Å². The van der Waals surface area contributed by atoms with Crippen LogP contribution in [-0.4, -0.2) is 29.3 Å². The lowest BCUT2D eigenvalue weighted by molar-refractivity contribution is -0.125. The number of imide groups is 1. The number of hydrogen-bond acceptors (Lipinski definition) is 3. The molecule has 0 unspecified atom stereocenters. The number of rotatable bonds is 5. The van der Waals surface area contributed by atoms with Gasteiger partial charge in [-0.15, -0.1) is 0 Å². The van der Waals surface area contributed by atoms with Crippen LogP contribution in [0.3, 0.4) is 0 Å². The van der Waals surface area contributed by atoms with Gasteiger partial charge in [-0.05, 0) is 35.2 Å². The molecule has 1 saturated heterocycles. The maximum Gasteiger partial charge on any atom is 0.324 e. The summed E-state index contributed by atoms with van der Waals surface area (Å²) in [4.78, 5) is 36.9. The highest BCUT2D eigenvalue weighted by molar-refractivity contribution is 6.05. The zero-order valence-electron chi connectivity index (χ0n) is 14.8. The maximum absolute atomic E-state index is 12.5. The number of para-hydroxylation sites is 1. The third-order valence-electron chi connectivity index (χ3n) is 4.32. The van der Waals surface area contributed by atoms with Gasteiger partial charge >= 0.3 is 6.03 Å². The Labute approximate surface area is 152 Å². The quantitative estimate of drug-likeness (QED) is 0.813. The molecule has 0 bridgehead atoms. The summed E-state index contributed by atoms with van der Waals surface area (Å²) in [6, 6.07) is 14.2. The summed E-state index contributed by atoms with van der Waals surface area (Å²) in [5, 5.41) is 5.43. The number of nitrogens with one attached hydrogen (secondary N) is 2. The number of amides is 4. The topological polar surface area (TPSA) is 78.5 Å². The average molecular weight is 351 g/mol. The molecule has 6 nitrogen and oxygen atoms in total. The van der Waals surface area contributed by atoms with Gasteiger partial charge in [0.05, 0.1) is 13.1 Å². The Morgan fingerprint density at radius 3 is 2.42 bits per heavy atom. The highest BCUT2D eigenvalue weighted by atomic mass is 16.2. The molecule has 2 N–H and O–H groups in total. The van der Waals surface area contributed by atoms with E-state index in [0.717, 1.165) is 21.7 Å². The maximum atomic E-state index is 12.5. The number of nitrogens with zero attached hydrogens (tertiary/aromatic N) is 1. The van der Waals surface area contributed by atoms with Crippen LogP contribution in [0.4, 0.5) is 10.5 Å². The largest absolute Gasteiger partial charge is 0.329 e. The molecule has 0 radical (unpaired) electrons. The molecule has 0 saturated carbocycles. The van der Waals surface area contributed by atoms with Crippen molar-refractivity contribution in [2.24, 2.45) is 0 Å². The number of carbonyl (C=O) groups is 3. The Morgan fingerprint density at radius 2 is 1.81 bits per heavy atom. The van der Waals surface area contributed by atoms with Crippen molar-refractivity contribution >= 4 is 23.5 Å². The van der Waals surface area contributed by atoms with E-state index in [0.29, 0.717) is 11.5 Å². The molecule has 0 aromatic heterocycles. The van der Waals surface area contributed by atoms with Gasteiger partial charge in [0.15, 0.2) is 0 Å². The zero-order chi connectivity index (χ0) is 18.7. The van der Waals surface area contributed by atoms with E-state index in [1.54, 1.807) is 24.3 Å². The summed E-state index contributed by atoms with van der Waals surface area (Å²) in [6.45, 7) is 4.39. The zero-order valence-corrected chi connectivity index (χ0v) is 14.8. The van der Waals surface area contributed by atoms with Crippen LogP contribution >= 0.6 is 0 Å². The first-order valence-electron chi connectivity index (χ1n) is 8.53. The summed E-state index contributed by atoms with van der Waals surface area (Å²) in [6.07, 6.45) is 0. The highest BCUT2D eigenvalue weighted by Crippen LogP contribution is 2.24. The number of carbonyl (C=O) groups excluding carboxylic acids is 3. The molecule has 26 heavy (non-hydrogen) atoms. The lowest BCUT2D eigenvalue weighted by Gasteiger charge is -2.14. The van der Waals surface area contributed by atoms with Gasteiger partial charge in [-0.2, -0.15) is 0 Å². The van der Waals surface area contributed by atoms with Crippen LogP contribution in [0.5, 0.6) is 0 Å². The van der Waals surface area contributed by atoms with Crippen molar-refractivity contribution in [3.63, 3.8) is 0 Å². The fourth-order valence-electron chi connectivity index (χ4n) is 2.87. The molecule has 2 aromatic rings. The van der Waals surface area contributed by atoms with Crippen LogP contribution in [0, 0.1) is 0 Å². The standard InChI is InChI=1S/C20H21N3O3/c1-13(2)16-5-3-4-6-17(16)22-19(25)15-9-7-14(8-10-15)12-23-18(24)11-21-20(23)26/h3-10,13H,11-12H2,1-2H3,(H,21,26)(H,22,25). The second-order valence-corrected chi connectivity index (χ2v) is 6.53. The molecule has 2 aromatic carbocycles. The lowest BCUT2D eigenvalue weighted by Crippen LogP contribution is -2.30. The smallest absolute Gasteiger partial charge is 0.324 e. The summed E-state index contributed by atoms with van der Waals surface area (Å²) in [5.41, 5.74) is 3.19. The van der Waals surface area contributed by atoms with E-state index in [1.807, 2.05) is 24.3 Å². The lowest BCUT2D eigenvalue weighted by atomic mass is 10.0. The van der Waals surface area contributed by atoms with E-state index in [2.05, 4.69) is 24.5 Å². The van der Waals surface area contributed by atoms with Crippen LogP contribution in [-0.2, 0) is 11.3 Å². The van der Waals surface area contributed by atoms with E-state index in [1.165, 1.54) is 0 Å². The van der Waals surface area contributed by atoms with Crippen molar-refractivity contribution in [3.8, 4) is 0 Å². The molecule has 1 aliphatic heterocycles. The second-order valence-electron chi connectivity index (χ2n) is 6.53. The van der Waals surface area contributed by atoms with E-state index in [4.69, 9.17) is 0 Å². The third kappa shape index (κ3) is 3.74. The van der Waals surface area contributed by atoms with E-state index in [9.17, 15) is 14.4 Å². The van der Waals surface area contributed by atoms with Gasteiger partial charge in [-0.3, -0.25) is 14.5 Å². The number of urea groups is 1. The number of hydrogen-bond donors (Lipinski definition) is 2. The van der Waals surface area contributed by atoms with Crippen LogP contribution in [0.2, 0.25) is 0 Å². The fraction of sp³-hybridized carbons (Fsp3) is 0.250. The minimum atomic E-state index is -0.387. The van der Waals surface area contributed by atoms with Gasteiger partial charge in [0.2, 0.25) is 5.91 Å². The predicted octanol–water partition coefficient (Wildman–Crippen LogP) is 3.11. The summed E-state index contributed by atoms with van der Waals surface area (Å²) in [7, 11) is 0. The molecule has 0 aliphatic carbocycles. The molecule has 3 rings (SSSR count). The van der Waals surface area contributed by atoms with Crippen molar-refractivity contribution in [3.05, 3.63) is 65.2 Å². The fourth-order valence-corrected chi connectivity index (χ4v) is 2.87. The summed E-state index contributed by atoms with van der Waals surface area (Å²) in [5.74, 6) is -0.139. The minimum absolute atomic E-state index is 0.0363. The number of anilines is 1. The first kappa shape index (κ1) is 17.7. The van der Waals surface area contributed by atoms with Gasteiger partial charge in [-0.1, -0.05) is 44.2 Å². The van der Waals surface area contributed by atoms with E-state index >= 15 is 0 Å². The number of benzene rings is 2. The second kappa shape index (κ2) is 7.39. The van der Waals surface area contributed by atoms with Crippen LogP contribution in [0.25, 0.3) is 0 Å². The van der Waals surface area contributed by atoms with Gasteiger partial charge in [0.25, 0.3) is 5.91 Å². The Hall–Kier alpha value is -3.15. The van der Waals surface area contributed by atoms with Crippen LogP contribution in [0.15, 0.2) is 48.5 Å². The van der Waals surface area contributed by atoms with Crippen molar-refractivity contribution in [1.29, 1.82) is 0 Å². The Morgan fingerprint density at radius 1 is 1.12 bits per heavy atom. The Bertz CT molecular complexity index is 828. The van der Waals surface area contributed by atoms with E-state index in [-0.39, 0.29) is 30.9 Å². The molecule has 1 fully saturated rings. The molecular formula is C20H21N3O3. The molecule has 0 atom stereocenters. The Kier molecular flexibility index (Phi) is 5.02. The molecule has 6 heteroatoms. The van der Waals surface area contributed by atoms with Crippen molar-refractivity contribution in [1.82, 2.24) is 10.2 Å². The van der Waals surface area contributed by atoms with E-state index < -0.39 is 0 Å². The SMILES string of the molecule is CC(C)c1ccccc1NC(=O)c1ccc(CN2C(=O)CNC2=O)cc1. The predicted molar refractivity (Wildman–Crippen MR) is 98.9 cm³/mol. The van der Waals surface area contributed by atoms with Gasteiger partial charge in [0, 0.05) is 11.3 Å². The first-order chi connectivity index (χ1) is 12.5. The van der Waals surface area contributed by atoms with Crippen molar-refractivity contribution in [2.45, 2.75) is 26.3 Å². The molecule has 4 amide bonds. The highest BCUT2D eigenvalue weighted by Gasteiger charge is 2.28. The third-order valence-corrected chi connectivity index (χ3v) is 4.32. The molecular weight excluding hydrogens is 330 g/mol. The molecule has 1 heterocycles. The molecule has 1 aliphatic rings. The first-order valence-corrected chi connectivity index (χ1v) is 8.53. The monoisotopic (exact) mass is 351 g/mol. The summed E-state index contributed by atoms with van der Waals surface area (Å²) >= 11 is 0. The molecule has 0 spiro atoms. The Balaban J connectivity index is 1.70. The summed E-state index contributed by atoms with van der Waals surface area (Å²) < 4.78 is 0. The van der Waals surface area contributed by atoms with Gasteiger partial charge in [0.1, 0.15) is 0 Å². The van der Waals surface area contributed by atoms with Gasteiger partial charge < -0.3 is 10.6 Å². The molecule has 134 valence electrons. The van der Waals surface area contributed by atoms with Gasteiger partial charge in [-0.25, -0.2) is 4.79 Å². The van der Waals surface area contributed by atoms with Crippen molar-refractivity contribution < 1.29 is 14.4 Å².